The van der Waals surface area contributed by atoms with Crippen molar-refractivity contribution in [2.24, 2.45) is 0 Å². The highest BCUT2D eigenvalue weighted by molar-refractivity contribution is 6.20. The van der Waals surface area contributed by atoms with Crippen LogP contribution in [0.4, 0.5) is 0 Å². The van der Waals surface area contributed by atoms with Gasteiger partial charge in [-0.05, 0) is 63.0 Å². The predicted molar refractivity (Wildman–Crippen MR) is 113 cm³/mol. The molecule has 0 spiro atoms. The number of carbonyl (C=O) groups is 1. The third-order valence-electron chi connectivity index (χ3n) is 4.24. The molecule has 0 amide bonds. The lowest BCUT2D eigenvalue weighted by Crippen LogP contribution is -1.94. The van der Waals surface area contributed by atoms with Crippen LogP contribution < -0.4 is 0 Å². The minimum atomic E-state index is 0.291. The molecule has 1 aliphatic carbocycles. The molecule has 0 radical (unpaired) electrons. The Morgan fingerprint density at radius 1 is 1.27 bits per heavy atom. The maximum absolute atomic E-state index is 10.4. The number of nitrogens with zero attached hydrogens (tertiary/aromatic N) is 1. The summed E-state index contributed by atoms with van der Waals surface area (Å²) in [5.74, 6) is 0.920. The van der Waals surface area contributed by atoms with Crippen LogP contribution in [0.5, 0.6) is 0 Å². The van der Waals surface area contributed by atoms with Gasteiger partial charge in [0.15, 0.2) is 0 Å². The molecule has 0 saturated heterocycles. The van der Waals surface area contributed by atoms with Gasteiger partial charge in [0.25, 0.3) is 0 Å². The van der Waals surface area contributed by atoms with E-state index in [1.54, 1.807) is 6.92 Å². The summed E-state index contributed by atoms with van der Waals surface area (Å²) in [5.41, 5.74) is 2.47. The molecule has 0 aliphatic heterocycles. The fourth-order valence-corrected chi connectivity index (χ4v) is 3.20. The number of hydrogen-bond acceptors (Lipinski definition) is 2. The van der Waals surface area contributed by atoms with Crippen LogP contribution in [0.3, 0.4) is 0 Å². The number of ketones is 1. The third-order valence-corrected chi connectivity index (χ3v) is 4.63. The van der Waals surface area contributed by atoms with Crippen molar-refractivity contribution < 1.29 is 4.79 Å². The standard InChI is InChI=1S/C13H14ClN.C8H14O.C2H6/c14-13-6-5-12(9-13)11-3-1-10(2-4-11)7-8-15;1-3-4-5-6-7-8(2)9;1-2/h1-4,12-13H,5-7,9H2;3-4H,5-7H2,1-2H3;1-2H3/b;4-3-;. The van der Waals surface area contributed by atoms with Gasteiger partial charge in [0.05, 0.1) is 12.5 Å². The number of halogens is 1. The molecule has 26 heavy (non-hydrogen) atoms. The molecule has 1 aromatic rings. The summed E-state index contributed by atoms with van der Waals surface area (Å²) in [6, 6.07) is 10.6. The van der Waals surface area contributed by atoms with Gasteiger partial charge in [-0.25, -0.2) is 0 Å². The summed E-state index contributed by atoms with van der Waals surface area (Å²) in [6.45, 7) is 7.63. The molecule has 2 rings (SSSR count). The van der Waals surface area contributed by atoms with Crippen molar-refractivity contribution in [3.63, 3.8) is 0 Å². The molecular weight excluding hydrogens is 342 g/mol. The third kappa shape index (κ3) is 11.1. The highest BCUT2D eigenvalue weighted by atomic mass is 35.5. The molecule has 0 bridgehead atoms. The van der Waals surface area contributed by atoms with E-state index in [4.69, 9.17) is 16.9 Å². The molecule has 3 heteroatoms. The first-order valence-electron chi connectivity index (χ1n) is 9.77. The van der Waals surface area contributed by atoms with Gasteiger partial charge in [-0.1, -0.05) is 50.3 Å². The van der Waals surface area contributed by atoms with Crippen molar-refractivity contribution in [1.29, 1.82) is 5.26 Å². The summed E-state index contributed by atoms with van der Waals surface area (Å²) in [7, 11) is 0. The van der Waals surface area contributed by atoms with Gasteiger partial charge in [0.2, 0.25) is 0 Å². The van der Waals surface area contributed by atoms with Crippen LogP contribution in [0.15, 0.2) is 36.4 Å². The number of unbranched alkanes of at least 4 members (excludes halogenated alkanes) is 1. The molecule has 0 heterocycles. The van der Waals surface area contributed by atoms with E-state index in [0.717, 1.165) is 37.7 Å². The van der Waals surface area contributed by atoms with Gasteiger partial charge in [-0.2, -0.15) is 5.26 Å². The van der Waals surface area contributed by atoms with Gasteiger partial charge in [0, 0.05) is 11.8 Å². The van der Waals surface area contributed by atoms with Gasteiger partial charge in [-0.3, -0.25) is 0 Å². The number of benzene rings is 1. The summed E-state index contributed by atoms with van der Waals surface area (Å²) in [5, 5.41) is 8.92. The molecule has 2 nitrogen and oxygen atoms in total. The van der Waals surface area contributed by atoms with Crippen LogP contribution in [-0.2, 0) is 11.2 Å². The van der Waals surface area contributed by atoms with E-state index in [1.807, 2.05) is 26.8 Å². The highest BCUT2D eigenvalue weighted by Crippen LogP contribution is 2.36. The topological polar surface area (TPSA) is 40.9 Å². The van der Waals surface area contributed by atoms with Crippen LogP contribution in [-0.4, -0.2) is 11.2 Å². The van der Waals surface area contributed by atoms with Gasteiger partial charge >= 0.3 is 0 Å². The Hall–Kier alpha value is -1.59. The van der Waals surface area contributed by atoms with Crippen molar-refractivity contribution in [1.82, 2.24) is 0 Å². The Bertz CT molecular complexity index is 557. The van der Waals surface area contributed by atoms with Crippen molar-refractivity contribution in [3.05, 3.63) is 47.5 Å². The average molecular weight is 376 g/mol. The number of carbonyl (C=O) groups excluding carboxylic acids is 1. The van der Waals surface area contributed by atoms with Crippen LogP contribution in [0, 0.1) is 11.3 Å². The van der Waals surface area contributed by atoms with Crippen molar-refractivity contribution in [3.8, 4) is 6.07 Å². The smallest absolute Gasteiger partial charge is 0.129 e. The Labute approximate surface area is 165 Å². The minimum absolute atomic E-state index is 0.291. The summed E-state index contributed by atoms with van der Waals surface area (Å²) >= 11 is 6.09. The molecule has 2 unspecified atom stereocenters. The van der Waals surface area contributed by atoms with E-state index < -0.39 is 0 Å². The molecule has 144 valence electrons. The van der Waals surface area contributed by atoms with E-state index in [9.17, 15) is 4.79 Å². The van der Waals surface area contributed by atoms with Crippen molar-refractivity contribution in [2.45, 2.75) is 83.9 Å². The fourth-order valence-electron chi connectivity index (χ4n) is 2.86. The van der Waals surface area contributed by atoms with Crippen LogP contribution in [0.2, 0.25) is 0 Å². The van der Waals surface area contributed by atoms with Crippen LogP contribution >= 0.6 is 11.6 Å². The highest BCUT2D eigenvalue weighted by Gasteiger charge is 2.23. The zero-order chi connectivity index (χ0) is 19.8. The Morgan fingerprint density at radius 3 is 2.38 bits per heavy atom. The van der Waals surface area contributed by atoms with E-state index in [1.165, 1.54) is 12.0 Å². The molecule has 1 fully saturated rings. The lowest BCUT2D eigenvalue weighted by Gasteiger charge is -2.09. The minimum Gasteiger partial charge on any atom is -0.300 e. The molecule has 1 saturated carbocycles. The number of rotatable bonds is 6. The second-order valence-corrected chi connectivity index (χ2v) is 6.96. The molecule has 2 atom stereocenters. The SMILES string of the molecule is C/C=C\CCCC(C)=O.CC.N#CCc1ccc(C2CCC(Cl)C2)cc1. The maximum Gasteiger partial charge on any atom is 0.129 e. The number of nitriles is 1. The lowest BCUT2D eigenvalue weighted by molar-refractivity contribution is -0.117. The number of alkyl halides is 1. The van der Waals surface area contributed by atoms with Crippen molar-refractivity contribution in [2.75, 3.05) is 0 Å². The Kier molecular flexibility index (Phi) is 14.7. The Morgan fingerprint density at radius 2 is 1.92 bits per heavy atom. The normalized spacial score (nSPS) is 18.3. The molecule has 0 aromatic heterocycles. The average Bonchev–Trinajstić information content (AvgIpc) is 3.08. The maximum atomic E-state index is 10.4. The van der Waals surface area contributed by atoms with E-state index in [0.29, 0.717) is 23.5 Å². The van der Waals surface area contributed by atoms with Gasteiger partial charge < -0.3 is 4.79 Å². The molecule has 0 N–H and O–H groups in total. The lowest BCUT2D eigenvalue weighted by atomic mass is 9.96. The zero-order valence-electron chi connectivity index (χ0n) is 16.8. The fraction of sp³-hybridized carbons (Fsp3) is 0.565. The second kappa shape index (κ2) is 15.6. The van der Waals surface area contributed by atoms with Gasteiger partial charge in [-0.15, -0.1) is 11.6 Å². The van der Waals surface area contributed by atoms with E-state index in [-0.39, 0.29) is 0 Å². The Balaban J connectivity index is 0.000000492. The summed E-state index contributed by atoms with van der Waals surface area (Å²) < 4.78 is 0. The first-order chi connectivity index (χ1) is 12.6. The van der Waals surface area contributed by atoms with Gasteiger partial charge in [0.1, 0.15) is 5.78 Å². The van der Waals surface area contributed by atoms with Crippen LogP contribution in [0.25, 0.3) is 0 Å². The first kappa shape index (κ1) is 24.4. The number of Topliss-reactive ketones (excluding diaryl/α,β-unsaturated/α-hetero) is 1. The number of hydrogen-bond donors (Lipinski definition) is 0. The predicted octanol–water partition coefficient (Wildman–Crippen LogP) is 6.98. The van der Waals surface area contributed by atoms with E-state index in [2.05, 4.69) is 36.4 Å². The molecular formula is C23H34ClNO. The molecule has 1 aliphatic rings. The quantitative estimate of drug-likeness (QED) is 0.306. The van der Waals surface area contributed by atoms with Crippen LogP contribution in [0.1, 0.15) is 83.3 Å². The number of allylic oxidation sites excluding steroid dienone is 2. The summed E-state index contributed by atoms with van der Waals surface area (Å²) in [4.78, 5) is 10.4. The molecule has 1 aromatic carbocycles. The van der Waals surface area contributed by atoms with Crippen molar-refractivity contribution >= 4 is 17.4 Å². The van der Waals surface area contributed by atoms with E-state index >= 15 is 0 Å². The first-order valence-corrected chi connectivity index (χ1v) is 10.2. The zero-order valence-corrected chi connectivity index (χ0v) is 17.6. The largest absolute Gasteiger partial charge is 0.300 e. The second-order valence-electron chi connectivity index (χ2n) is 6.35. The monoisotopic (exact) mass is 375 g/mol. The summed E-state index contributed by atoms with van der Waals surface area (Å²) in [6.07, 6.45) is 10.8.